The molecule has 1 aliphatic heterocycles. The number of hydrogen-bond donors (Lipinski definition) is 0. The number of halogens is 1. The van der Waals surface area contributed by atoms with Gasteiger partial charge in [0.05, 0.1) is 23.8 Å². The molecule has 0 aliphatic carbocycles. The lowest BCUT2D eigenvalue weighted by atomic mass is 9.96. The van der Waals surface area contributed by atoms with Crippen LogP contribution in [0.4, 0.5) is 4.39 Å². The molecule has 0 saturated heterocycles. The van der Waals surface area contributed by atoms with Crippen molar-refractivity contribution in [2.45, 2.75) is 103 Å². The second kappa shape index (κ2) is 13.5. The number of benzene rings is 1. The molecule has 34 heavy (non-hydrogen) atoms. The van der Waals surface area contributed by atoms with Crippen molar-refractivity contribution in [2.24, 2.45) is 0 Å². The Kier molecular flexibility index (Phi) is 10.4. The summed E-state index contributed by atoms with van der Waals surface area (Å²) in [4.78, 5) is 26.0. The van der Waals surface area contributed by atoms with Gasteiger partial charge in [-0.3, -0.25) is 9.59 Å². The van der Waals surface area contributed by atoms with Crippen LogP contribution in [-0.4, -0.2) is 22.9 Å². The van der Waals surface area contributed by atoms with E-state index in [9.17, 15) is 14.0 Å². The van der Waals surface area contributed by atoms with E-state index in [0.29, 0.717) is 25.3 Å². The lowest BCUT2D eigenvalue weighted by molar-refractivity contribution is -0.146. The monoisotopic (exact) mass is 469 g/mol. The van der Waals surface area contributed by atoms with E-state index >= 15 is 0 Å². The Morgan fingerprint density at radius 3 is 2.32 bits per heavy atom. The van der Waals surface area contributed by atoms with Crippen LogP contribution >= 0.6 is 0 Å². The summed E-state index contributed by atoms with van der Waals surface area (Å²) in [5, 5.41) is 0. The third-order valence-corrected chi connectivity index (χ3v) is 6.91. The zero-order valence-corrected chi connectivity index (χ0v) is 20.9. The summed E-state index contributed by atoms with van der Waals surface area (Å²) < 4.78 is 21.8. The minimum Gasteiger partial charge on any atom is -0.465 e. The fraction of sp³-hybridized carbons (Fsp3) is 0.586. The highest BCUT2D eigenvalue weighted by molar-refractivity contribution is 6.09. The van der Waals surface area contributed by atoms with Crippen LogP contribution in [0.1, 0.15) is 117 Å². The predicted octanol–water partition coefficient (Wildman–Crippen LogP) is 7.51. The zero-order chi connectivity index (χ0) is 24.3. The molecule has 0 amide bonds. The summed E-state index contributed by atoms with van der Waals surface area (Å²) >= 11 is 0. The first-order valence-corrected chi connectivity index (χ1v) is 13.2. The van der Waals surface area contributed by atoms with Crippen LogP contribution in [0.25, 0.3) is 0 Å². The lowest BCUT2D eigenvalue weighted by Crippen LogP contribution is -2.26. The summed E-state index contributed by atoms with van der Waals surface area (Å²) in [5.74, 6) is -1.43. The van der Waals surface area contributed by atoms with Crippen molar-refractivity contribution < 1.29 is 18.7 Å². The topological polar surface area (TPSA) is 48.3 Å². The van der Waals surface area contributed by atoms with E-state index < -0.39 is 5.82 Å². The number of hydrogen-bond acceptors (Lipinski definition) is 3. The molecule has 1 aromatic carbocycles. The van der Waals surface area contributed by atoms with Gasteiger partial charge in [-0.2, -0.15) is 0 Å². The molecule has 3 rings (SSSR count). The van der Waals surface area contributed by atoms with Gasteiger partial charge in [0.2, 0.25) is 5.78 Å². The molecule has 186 valence electrons. The maximum Gasteiger partial charge on any atom is 0.314 e. The number of aryl methyl sites for hydroxylation is 1. The first-order valence-electron chi connectivity index (χ1n) is 13.2. The molecule has 0 radical (unpaired) electrons. The molecule has 1 atom stereocenters. The Morgan fingerprint density at radius 2 is 1.65 bits per heavy atom. The third-order valence-electron chi connectivity index (χ3n) is 6.91. The molecule has 2 heterocycles. The van der Waals surface area contributed by atoms with Gasteiger partial charge in [-0.25, -0.2) is 4.39 Å². The summed E-state index contributed by atoms with van der Waals surface area (Å²) in [7, 11) is 0. The van der Waals surface area contributed by atoms with E-state index in [4.69, 9.17) is 4.74 Å². The second-order valence-corrected chi connectivity index (χ2v) is 9.61. The van der Waals surface area contributed by atoms with Gasteiger partial charge >= 0.3 is 5.97 Å². The highest BCUT2D eigenvalue weighted by Crippen LogP contribution is 2.33. The molecule has 0 spiro atoms. The van der Waals surface area contributed by atoms with Crippen LogP contribution in [0.2, 0.25) is 0 Å². The maximum atomic E-state index is 14.2. The number of unbranched alkanes of at least 4 members (excludes halogenated alkanes) is 9. The zero-order valence-electron chi connectivity index (χ0n) is 20.9. The van der Waals surface area contributed by atoms with Crippen molar-refractivity contribution in [1.82, 2.24) is 4.57 Å². The summed E-state index contributed by atoms with van der Waals surface area (Å²) in [6.45, 7) is 5.20. The van der Waals surface area contributed by atoms with Crippen LogP contribution in [0.5, 0.6) is 0 Å². The Hall–Kier alpha value is -2.43. The van der Waals surface area contributed by atoms with Crippen molar-refractivity contribution in [3.8, 4) is 0 Å². The van der Waals surface area contributed by atoms with Crippen molar-refractivity contribution in [3.63, 3.8) is 0 Å². The van der Waals surface area contributed by atoms with Crippen LogP contribution in [0, 0.1) is 12.7 Å². The Balaban J connectivity index is 1.48. The highest BCUT2D eigenvalue weighted by atomic mass is 19.1. The number of carbonyl (C=O) groups is 2. The number of esters is 1. The quantitative estimate of drug-likeness (QED) is 0.163. The average molecular weight is 470 g/mol. The van der Waals surface area contributed by atoms with E-state index in [1.165, 1.54) is 63.5 Å². The molecule has 0 saturated carbocycles. The number of rotatable bonds is 14. The molecule has 0 N–H and O–H groups in total. The number of nitrogens with zero attached hydrogens (tertiary/aromatic N) is 1. The molecule has 0 fully saturated rings. The smallest absolute Gasteiger partial charge is 0.314 e. The number of ether oxygens (including phenoxy) is 1. The van der Waals surface area contributed by atoms with E-state index in [0.717, 1.165) is 30.5 Å². The van der Waals surface area contributed by atoms with E-state index in [-0.39, 0.29) is 23.2 Å². The molecule has 4 nitrogen and oxygen atoms in total. The normalized spacial score (nSPS) is 15.2. The molecular formula is C29H40FNO3. The number of carbonyl (C=O) groups excluding carboxylic acids is 2. The van der Waals surface area contributed by atoms with Gasteiger partial charge < -0.3 is 9.30 Å². The van der Waals surface area contributed by atoms with Crippen LogP contribution < -0.4 is 0 Å². The van der Waals surface area contributed by atoms with E-state index in [2.05, 4.69) is 6.92 Å². The fourth-order valence-corrected chi connectivity index (χ4v) is 5.02. The van der Waals surface area contributed by atoms with Gasteiger partial charge in [-0.15, -0.1) is 0 Å². The summed E-state index contributed by atoms with van der Waals surface area (Å²) in [6.07, 6.45) is 13.9. The maximum absolute atomic E-state index is 14.2. The molecule has 2 aromatic rings. The SMILES string of the molecule is CCCCCCCCCCCCOC(=O)C1CCCn2c1cc(C)c2C(=O)c1ccccc1F. The van der Waals surface area contributed by atoms with Crippen molar-refractivity contribution >= 4 is 11.8 Å². The fourth-order valence-electron chi connectivity index (χ4n) is 5.02. The molecule has 1 aromatic heterocycles. The van der Waals surface area contributed by atoms with Gasteiger partial charge in [0, 0.05) is 12.2 Å². The predicted molar refractivity (Wildman–Crippen MR) is 134 cm³/mol. The summed E-state index contributed by atoms with van der Waals surface area (Å²) in [5.41, 5.74) is 2.14. The molecule has 1 aliphatic rings. The minimum absolute atomic E-state index is 0.0668. The second-order valence-electron chi connectivity index (χ2n) is 9.61. The van der Waals surface area contributed by atoms with Crippen molar-refractivity contribution in [3.05, 3.63) is 58.7 Å². The summed E-state index contributed by atoms with van der Waals surface area (Å²) in [6, 6.07) is 7.96. The molecule has 1 unspecified atom stereocenters. The molecule has 5 heteroatoms. The first-order chi connectivity index (χ1) is 16.5. The number of aromatic nitrogens is 1. The average Bonchev–Trinajstić information content (AvgIpc) is 3.18. The van der Waals surface area contributed by atoms with Gasteiger partial charge in [0.15, 0.2) is 0 Å². The first kappa shape index (κ1) is 26.2. The van der Waals surface area contributed by atoms with Gasteiger partial charge in [0.1, 0.15) is 5.82 Å². The highest BCUT2D eigenvalue weighted by Gasteiger charge is 2.32. The van der Waals surface area contributed by atoms with Crippen LogP contribution in [0.3, 0.4) is 0 Å². The molecular weight excluding hydrogens is 429 g/mol. The Labute approximate surface area is 203 Å². The largest absolute Gasteiger partial charge is 0.465 e. The standard InChI is InChI=1S/C29H40FNO3/c1-3-4-5-6-7-8-9-10-11-14-20-34-29(33)24-17-15-19-31-26(24)21-22(2)27(31)28(32)23-16-12-13-18-25(23)30/h12-13,16,18,21,24H,3-11,14-15,17,19-20H2,1-2H3. The third kappa shape index (κ3) is 6.80. The van der Waals surface area contributed by atoms with Crippen molar-refractivity contribution in [1.29, 1.82) is 0 Å². The van der Waals surface area contributed by atoms with Crippen LogP contribution in [0.15, 0.2) is 30.3 Å². The Morgan fingerprint density at radius 1 is 1.00 bits per heavy atom. The van der Waals surface area contributed by atoms with Gasteiger partial charge in [-0.1, -0.05) is 76.8 Å². The van der Waals surface area contributed by atoms with E-state index in [1.807, 2.05) is 17.6 Å². The van der Waals surface area contributed by atoms with Gasteiger partial charge in [-0.05, 0) is 49.9 Å². The number of ketones is 1. The van der Waals surface area contributed by atoms with Gasteiger partial charge in [0.25, 0.3) is 0 Å². The lowest BCUT2D eigenvalue weighted by Gasteiger charge is -2.25. The molecule has 0 bridgehead atoms. The van der Waals surface area contributed by atoms with Crippen LogP contribution in [-0.2, 0) is 16.1 Å². The van der Waals surface area contributed by atoms with Crippen molar-refractivity contribution in [2.75, 3.05) is 6.61 Å². The number of fused-ring (bicyclic) bond motifs is 1. The van der Waals surface area contributed by atoms with E-state index in [1.54, 1.807) is 12.1 Å². The minimum atomic E-state index is -0.522. The Bertz CT molecular complexity index is 949.